The van der Waals surface area contributed by atoms with E-state index in [1.807, 2.05) is 0 Å². The van der Waals surface area contributed by atoms with Crippen molar-refractivity contribution in [2.45, 2.75) is 0 Å². The third-order valence-electron chi connectivity index (χ3n) is 0.642. The summed E-state index contributed by atoms with van der Waals surface area (Å²) in [4.78, 5) is 2.37. The molecule has 0 aromatic carbocycles. The van der Waals surface area contributed by atoms with Gasteiger partial charge in [0, 0.05) is 6.20 Å². The van der Waals surface area contributed by atoms with Gasteiger partial charge < -0.3 is 15.2 Å². The van der Waals surface area contributed by atoms with E-state index in [2.05, 4.69) is 11.2 Å². The van der Waals surface area contributed by atoms with Gasteiger partial charge in [0.25, 0.3) is 0 Å². The molecule has 0 unspecified atom stereocenters. The van der Waals surface area contributed by atoms with E-state index in [4.69, 9.17) is 10.2 Å². The molecule has 0 aliphatic carbocycles. The number of rotatable bonds is 0. The van der Waals surface area contributed by atoms with Gasteiger partial charge in [-0.15, -0.1) is 0 Å². The van der Waals surface area contributed by atoms with E-state index in [0.717, 1.165) is 0 Å². The van der Waals surface area contributed by atoms with E-state index in [-0.39, 0.29) is 11.5 Å². The van der Waals surface area contributed by atoms with Gasteiger partial charge in [-0.05, 0) is 0 Å². The molecule has 1 aromatic heterocycles. The molecule has 0 aliphatic heterocycles. The van der Waals surface area contributed by atoms with Crippen LogP contribution in [-0.4, -0.2) is 15.2 Å². The van der Waals surface area contributed by atoms with Crippen molar-refractivity contribution in [3.05, 3.63) is 12.4 Å². The number of aromatic amines is 1. The number of aromatic hydroxyl groups is 2. The lowest BCUT2D eigenvalue weighted by Gasteiger charge is -1.78. The molecule has 7 heavy (non-hydrogen) atoms. The Hall–Kier alpha value is -1.12. The Morgan fingerprint density at radius 2 is 2.29 bits per heavy atom. The molecule has 0 bridgehead atoms. The Balaban J connectivity index is 3.12. The zero-order valence-corrected chi connectivity index (χ0v) is 3.47. The normalized spacial score (nSPS) is 9.14. The largest absolute Gasteiger partial charge is 0.503 e. The third-order valence-corrected chi connectivity index (χ3v) is 0.642. The molecule has 1 rings (SSSR count). The van der Waals surface area contributed by atoms with E-state index in [9.17, 15) is 0 Å². The zero-order valence-electron chi connectivity index (χ0n) is 3.47. The summed E-state index contributed by atoms with van der Waals surface area (Å²) in [5.41, 5.74) is 0. The first-order chi connectivity index (χ1) is 3.30. The lowest BCUT2D eigenvalue weighted by Crippen LogP contribution is -1.51. The first-order valence-corrected chi connectivity index (χ1v) is 1.77. The summed E-state index contributed by atoms with van der Waals surface area (Å²) >= 11 is 0. The molecule has 0 spiro atoms. The summed E-state index contributed by atoms with van der Waals surface area (Å²) in [7, 11) is 0. The van der Waals surface area contributed by atoms with Crippen LogP contribution in [0.2, 0.25) is 0 Å². The van der Waals surface area contributed by atoms with Crippen LogP contribution in [0.1, 0.15) is 0 Å². The standard InChI is InChI=1S/C4H4NO2/c6-3-1-5-2-4(3)7/h1,5-7H. The maximum absolute atomic E-state index is 8.45. The van der Waals surface area contributed by atoms with Crippen LogP contribution in [0.4, 0.5) is 0 Å². The number of H-pyrrole nitrogens is 1. The van der Waals surface area contributed by atoms with Crippen molar-refractivity contribution >= 4 is 0 Å². The van der Waals surface area contributed by atoms with Gasteiger partial charge in [0.2, 0.25) is 0 Å². The van der Waals surface area contributed by atoms with Crippen molar-refractivity contribution < 1.29 is 10.2 Å². The highest BCUT2D eigenvalue weighted by Crippen LogP contribution is 2.20. The maximum Gasteiger partial charge on any atom is 0.185 e. The van der Waals surface area contributed by atoms with Crippen LogP contribution in [0, 0.1) is 6.20 Å². The first-order valence-electron chi connectivity index (χ1n) is 1.77. The molecule has 3 nitrogen and oxygen atoms in total. The van der Waals surface area contributed by atoms with Crippen molar-refractivity contribution in [1.29, 1.82) is 0 Å². The summed E-state index contributed by atoms with van der Waals surface area (Å²) < 4.78 is 0. The monoisotopic (exact) mass is 98.0 g/mol. The van der Waals surface area contributed by atoms with Gasteiger partial charge in [0.15, 0.2) is 11.5 Å². The molecule has 1 aromatic rings. The zero-order chi connectivity index (χ0) is 5.28. The van der Waals surface area contributed by atoms with E-state index in [0.29, 0.717) is 0 Å². The lowest BCUT2D eigenvalue weighted by molar-refractivity contribution is 0.407. The Bertz CT molecular complexity index is 142. The Kier molecular flexibility index (Phi) is 0.685. The molecule has 0 saturated carbocycles. The molecule has 3 N–H and O–H groups in total. The minimum atomic E-state index is -0.236. The smallest absolute Gasteiger partial charge is 0.185 e. The minimum Gasteiger partial charge on any atom is -0.503 e. The SMILES string of the molecule is Oc1[c][nH]cc1O. The van der Waals surface area contributed by atoms with Crippen molar-refractivity contribution in [2.24, 2.45) is 0 Å². The number of hydrogen-bond donors (Lipinski definition) is 3. The predicted molar refractivity (Wildman–Crippen MR) is 23.0 cm³/mol. The molecule has 37 valence electrons. The van der Waals surface area contributed by atoms with Crippen LogP contribution in [0.15, 0.2) is 6.20 Å². The summed E-state index contributed by atoms with van der Waals surface area (Å²) in [5.74, 6) is -0.403. The molecule has 0 saturated heterocycles. The summed E-state index contributed by atoms with van der Waals surface area (Å²) in [5, 5.41) is 16.9. The van der Waals surface area contributed by atoms with E-state index in [1.165, 1.54) is 6.20 Å². The van der Waals surface area contributed by atoms with Crippen molar-refractivity contribution in [3.63, 3.8) is 0 Å². The molecule has 0 atom stereocenters. The summed E-state index contributed by atoms with van der Waals surface area (Å²) in [6.07, 6.45) is 3.49. The van der Waals surface area contributed by atoms with Crippen LogP contribution < -0.4 is 0 Å². The quantitative estimate of drug-likeness (QED) is 0.435. The fourth-order valence-electron chi connectivity index (χ4n) is 0.305. The van der Waals surface area contributed by atoms with Crippen molar-refractivity contribution in [1.82, 2.24) is 4.98 Å². The number of nitrogens with one attached hydrogen (secondary N) is 1. The van der Waals surface area contributed by atoms with E-state index < -0.39 is 0 Å². The van der Waals surface area contributed by atoms with Crippen LogP contribution in [0.5, 0.6) is 11.5 Å². The second-order valence-corrected chi connectivity index (χ2v) is 1.15. The topological polar surface area (TPSA) is 56.2 Å². The Morgan fingerprint density at radius 1 is 1.57 bits per heavy atom. The molecule has 1 heterocycles. The fraction of sp³-hybridized carbons (Fsp3) is 0. The summed E-state index contributed by atoms with van der Waals surface area (Å²) in [6, 6.07) is 0. The van der Waals surface area contributed by atoms with Gasteiger partial charge in [-0.2, -0.15) is 0 Å². The second kappa shape index (κ2) is 1.18. The Morgan fingerprint density at radius 3 is 2.43 bits per heavy atom. The van der Waals surface area contributed by atoms with Crippen LogP contribution in [0.25, 0.3) is 0 Å². The molecule has 3 heteroatoms. The number of aromatic nitrogens is 1. The second-order valence-electron chi connectivity index (χ2n) is 1.15. The maximum atomic E-state index is 8.45. The highest BCUT2D eigenvalue weighted by molar-refractivity contribution is 5.31. The van der Waals surface area contributed by atoms with Crippen LogP contribution in [-0.2, 0) is 0 Å². The van der Waals surface area contributed by atoms with Gasteiger partial charge >= 0.3 is 0 Å². The minimum absolute atomic E-state index is 0.167. The Labute approximate surface area is 40.2 Å². The van der Waals surface area contributed by atoms with Gasteiger partial charge in [0.05, 0.1) is 0 Å². The highest BCUT2D eigenvalue weighted by Gasteiger charge is 1.94. The van der Waals surface area contributed by atoms with Crippen LogP contribution >= 0.6 is 0 Å². The molecular formula is C4H4NO2. The van der Waals surface area contributed by atoms with E-state index in [1.54, 1.807) is 0 Å². The van der Waals surface area contributed by atoms with Gasteiger partial charge in [-0.1, -0.05) is 0 Å². The molecule has 0 amide bonds. The van der Waals surface area contributed by atoms with Crippen LogP contribution in [0.3, 0.4) is 0 Å². The summed E-state index contributed by atoms with van der Waals surface area (Å²) in [6.45, 7) is 0. The average Bonchev–Trinajstić information content (AvgIpc) is 1.91. The number of hydrogen-bond acceptors (Lipinski definition) is 2. The molecular weight excluding hydrogens is 94.0 g/mol. The van der Waals surface area contributed by atoms with Gasteiger partial charge in [-0.3, -0.25) is 0 Å². The first kappa shape index (κ1) is 4.05. The van der Waals surface area contributed by atoms with Gasteiger partial charge in [-0.25, -0.2) is 0 Å². The third kappa shape index (κ3) is 0.513. The van der Waals surface area contributed by atoms with E-state index >= 15 is 0 Å². The average molecular weight is 98.1 g/mol. The fourth-order valence-corrected chi connectivity index (χ4v) is 0.305. The van der Waals surface area contributed by atoms with Gasteiger partial charge in [0.1, 0.15) is 6.20 Å². The van der Waals surface area contributed by atoms with Crippen molar-refractivity contribution in [2.75, 3.05) is 0 Å². The highest BCUT2D eigenvalue weighted by atomic mass is 16.3. The predicted octanol–water partition coefficient (Wildman–Crippen LogP) is 0.226. The molecule has 0 aliphatic rings. The molecule has 0 fully saturated rings. The molecule has 1 radical (unpaired) electrons. The van der Waals surface area contributed by atoms with Crippen molar-refractivity contribution in [3.8, 4) is 11.5 Å². The lowest BCUT2D eigenvalue weighted by atomic mass is 10.6.